The number of benzene rings is 1. The molecule has 1 aromatic carbocycles. The molecule has 0 bridgehead atoms. The summed E-state index contributed by atoms with van der Waals surface area (Å²) in [5, 5.41) is 3.88. The molecule has 8 heteroatoms. The highest BCUT2D eigenvalue weighted by Gasteiger charge is 2.23. The number of fused-ring (bicyclic) bond motifs is 2. The van der Waals surface area contributed by atoms with Crippen LogP contribution >= 0.6 is 0 Å². The number of hydrogen-bond donors (Lipinski definition) is 1. The van der Waals surface area contributed by atoms with Gasteiger partial charge >= 0.3 is 0 Å². The minimum absolute atomic E-state index is 0.0605. The van der Waals surface area contributed by atoms with Gasteiger partial charge < -0.3 is 10.2 Å². The zero-order chi connectivity index (χ0) is 26.5. The molecule has 0 aliphatic heterocycles. The van der Waals surface area contributed by atoms with Crippen molar-refractivity contribution in [1.82, 2.24) is 29.2 Å². The second-order valence-electron chi connectivity index (χ2n) is 11.6. The first-order chi connectivity index (χ1) is 17.5. The summed E-state index contributed by atoms with van der Waals surface area (Å²) in [6.45, 7) is 10.4. The molecule has 3 aromatic heterocycles. The number of rotatable bonds is 5. The van der Waals surface area contributed by atoms with Gasteiger partial charge in [-0.3, -0.25) is 9.78 Å². The predicted molar refractivity (Wildman–Crippen MR) is 149 cm³/mol. The van der Waals surface area contributed by atoms with Gasteiger partial charge in [-0.25, -0.2) is 14.3 Å². The third-order valence-electron chi connectivity index (χ3n) is 7.26. The summed E-state index contributed by atoms with van der Waals surface area (Å²) in [6.07, 6.45) is 6.74. The van der Waals surface area contributed by atoms with E-state index in [4.69, 9.17) is 4.98 Å². The van der Waals surface area contributed by atoms with Crippen molar-refractivity contribution in [2.24, 2.45) is 0 Å². The van der Waals surface area contributed by atoms with Crippen LogP contribution in [0.5, 0.6) is 0 Å². The fourth-order valence-electron chi connectivity index (χ4n) is 5.12. The van der Waals surface area contributed by atoms with Gasteiger partial charge in [-0.1, -0.05) is 26.8 Å². The van der Waals surface area contributed by atoms with Gasteiger partial charge in [0.15, 0.2) is 5.65 Å². The van der Waals surface area contributed by atoms with E-state index in [1.165, 1.54) is 17.5 Å². The zero-order valence-electron chi connectivity index (χ0n) is 22.9. The van der Waals surface area contributed by atoms with E-state index >= 15 is 0 Å². The molecule has 37 heavy (non-hydrogen) atoms. The number of anilines is 2. The molecule has 8 nitrogen and oxygen atoms in total. The van der Waals surface area contributed by atoms with E-state index in [2.05, 4.69) is 73.3 Å². The molecular weight excluding hydrogens is 462 g/mol. The van der Waals surface area contributed by atoms with Crippen LogP contribution in [0.15, 0.2) is 47.5 Å². The number of likely N-dealkylation sites (N-methyl/N-ethyl adjacent to an activating group) is 1. The highest BCUT2D eigenvalue weighted by Crippen LogP contribution is 2.28. The van der Waals surface area contributed by atoms with Crippen LogP contribution in [0.2, 0.25) is 0 Å². The molecule has 3 heterocycles. The van der Waals surface area contributed by atoms with Gasteiger partial charge in [-0.05, 0) is 82.6 Å². The summed E-state index contributed by atoms with van der Waals surface area (Å²) in [4.78, 5) is 29.6. The average molecular weight is 500 g/mol. The second kappa shape index (κ2) is 9.41. The number of nitrogens with zero attached hydrogens (tertiary/aromatic N) is 6. The number of hydrogen-bond acceptors (Lipinski definition) is 6. The van der Waals surface area contributed by atoms with Crippen LogP contribution in [-0.2, 0) is 18.3 Å². The van der Waals surface area contributed by atoms with Gasteiger partial charge in [-0.15, -0.1) is 0 Å². The van der Waals surface area contributed by atoms with Crippen LogP contribution < -0.4 is 10.9 Å². The summed E-state index contributed by atoms with van der Waals surface area (Å²) in [7, 11) is 4.30. The van der Waals surface area contributed by atoms with E-state index in [9.17, 15) is 4.79 Å². The molecule has 0 amide bonds. The maximum atomic E-state index is 13.4. The Morgan fingerprint density at radius 1 is 1.08 bits per heavy atom. The number of nitrogens with one attached hydrogen (secondary N) is 1. The van der Waals surface area contributed by atoms with Crippen LogP contribution in [0, 0.1) is 0 Å². The van der Waals surface area contributed by atoms with Gasteiger partial charge in [0.05, 0.1) is 5.69 Å². The van der Waals surface area contributed by atoms with E-state index in [0.717, 1.165) is 29.9 Å². The molecule has 5 rings (SSSR count). The number of pyridine rings is 1. The van der Waals surface area contributed by atoms with E-state index in [0.29, 0.717) is 23.0 Å². The molecular formula is C29H37N7O. The van der Waals surface area contributed by atoms with Crippen molar-refractivity contribution in [2.75, 3.05) is 19.4 Å². The molecule has 1 unspecified atom stereocenters. The van der Waals surface area contributed by atoms with Crippen LogP contribution in [0.4, 0.5) is 11.6 Å². The minimum Gasteiger partial charge on any atom is -0.324 e. The van der Waals surface area contributed by atoms with Crippen LogP contribution in [0.25, 0.3) is 16.7 Å². The highest BCUT2D eigenvalue weighted by atomic mass is 16.1. The van der Waals surface area contributed by atoms with E-state index < -0.39 is 0 Å². The second-order valence-corrected chi connectivity index (χ2v) is 11.6. The number of aromatic nitrogens is 5. The van der Waals surface area contributed by atoms with Crippen molar-refractivity contribution in [3.05, 3.63) is 69.9 Å². The SMILES string of the molecule is CC(C)n1c(=O)c2cnc(Nc3ccc4c(c3)CC(N(C)C)CC4)nc2n1-c1ccnc(C(C)(C)C)c1. The van der Waals surface area contributed by atoms with Crippen molar-refractivity contribution in [2.45, 2.75) is 71.4 Å². The summed E-state index contributed by atoms with van der Waals surface area (Å²) in [5.41, 5.74) is 5.89. The predicted octanol–water partition coefficient (Wildman–Crippen LogP) is 5.02. The molecule has 194 valence electrons. The Morgan fingerprint density at radius 2 is 1.86 bits per heavy atom. The molecule has 4 aromatic rings. The van der Waals surface area contributed by atoms with Gasteiger partial charge in [0.2, 0.25) is 5.95 Å². The van der Waals surface area contributed by atoms with Crippen LogP contribution in [0.3, 0.4) is 0 Å². The maximum Gasteiger partial charge on any atom is 0.278 e. The molecule has 0 radical (unpaired) electrons. The van der Waals surface area contributed by atoms with E-state index in [1.54, 1.807) is 17.1 Å². The van der Waals surface area contributed by atoms with E-state index in [1.807, 2.05) is 30.7 Å². The number of aryl methyl sites for hydroxylation is 1. The van der Waals surface area contributed by atoms with Crippen molar-refractivity contribution in [1.29, 1.82) is 0 Å². The first-order valence-electron chi connectivity index (χ1n) is 13.1. The summed E-state index contributed by atoms with van der Waals surface area (Å²) in [5.74, 6) is 0.465. The van der Waals surface area contributed by atoms with E-state index in [-0.39, 0.29) is 17.0 Å². The fraction of sp³-hybridized carbons (Fsp3) is 0.448. The first kappa shape index (κ1) is 25.1. The average Bonchev–Trinajstić information content (AvgIpc) is 3.15. The van der Waals surface area contributed by atoms with Crippen molar-refractivity contribution < 1.29 is 0 Å². The summed E-state index contributed by atoms with van der Waals surface area (Å²) < 4.78 is 3.64. The van der Waals surface area contributed by atoms with Crippen molar-refractivity contribution in [3.63, 3.8) is 0 Å². The Bertz CT molecular complexity index is 1510. The van der Waals surface area contributed by atoms with Crippen molar-refractivity contribution in [3.8, 4) is 5.69 Å². The van der Waals surface area contributed by atoms with Crippen LogP contribution in [-0.4, -0.2) is 49.4 Å². The lowest BCUT2D eigenvalue weighted by Gasteiger charge is -2.30. The largest absolute Gasteiger partial charge is 0.324 e. The fourth-order valence-corrected chi connectivity index (χ4v) is 5.12. The third kappa shape index (κ3) is 4.78. The van der Waals surface area contributed by atoms with Gasteiger partial charge in [0.1, 0.15) is 5.39 Å². The smallest absolute Gasteiger partial charge is 0.278 e. The lowest BCUT2D eigenvalue weighted by atomic mass is 9.87. The normalized spacial score (nSPS) is 16.0. The Balaban J connectivity index is 1.57. The maximum absolute atomic E-state index is 13.4. The lowest BCUT2D eigenvalue weighted by molar-refractivity contribution is 0.268. The molecule has 1 atom stereocenters. The van der Waals surface area contributed by atoms with Gasteiger partial charge in [0.25, 0.3) is 5.56 Å². The minimum atomic E-state index is -0.123. The zero-order valence-corrected chi connectivity index (χ0v) is 22.9. The molecule has 0 spiro atoms. The quantitative estimate of drug-likeness (QED) is 0.415. The van der Waals surface area contributed by atoms with Crippen LogP contribution in [0.1, 0.15) is 63.9 Å². The Morgan fingerprint density at radius 3 is 2.57 bits per heavy atom. The van der Waals surface area contributed by atoms with Crippen molar-refractivity contribution >= 4 is 22.7 Å². The topological polar surface area (TPSA) is 80.9 Å². The summed E-state index contributed by atoms with van der Waals surface area (Å²) >= 11 is 0. The monoisotopic (exact) mass is 499 g/mol. The molecule has 1 aliphatic carbocycles. The highest BCUT2D eigenvalue weighted by molar-refractivity contribution is 5.77. The Kier molecular flexibility index (Phi) is 6.40. The standard InChI is InChI=1S/C29H37N7O/c1-18(2)35-27(37)24-17-31-28(32-21-10-8-19-9-11-22(34(6)7)15-20(19)14-21)33-26(24)36(35)23-12-13-30-25(16-23)29(3,4)5/h8,10,12-14,16-18,22H,9,11,15H2,1-7H3,(H,31,32,33). The van der Waals surface area contributed by atoms with Gasteiger partial charge in [0, 0.05) is 41.3 Å². The third-order valence-corrected chi connectivity index (χ3v) is 7.26. The molecule has 1 N–H and O–H groups in total. The summed E-state index contributed by atoms with van der Waals surface area (Å²) in [6, 6.07) is 11.0. The Labute approximate surface area is 218 Å². The first-order valence-corrected chi connectivity index (χ1v) is 13.1. The molecule has 0 saturated heterocycles. The lowest BCUT2D eigenvalue weighted by Crippen LogP contribution is -2.33. The van der Waals surface area contributed by atoms with Gasteiger partial charge in [-0.2, -0.15) is 4.98 Å². The molecule has 0 saturated carbocycles. The molecule has 0 fully saturated rings. The Hall–Kier alpha value is -3.52. The molecule has 1 aliphatic rings.